The number of anilines is 3. The maximum Gasteiger partial charge on any atom is 0.0608 e. The summed E-state index contributed by atoms with van der Waals surface area (Å²) in [5.74, 6) is 0. The molecule has 2 heteroatoms. The first-order valence-corrected chi connectivity index (χ1v) is 12.9. The molecule has 7 rings (SSSR count). The molecule has 35 heavy (non-hydrogen) atoms. The van der Waals surface area contributed by atoms with Crippen LogP contribution in [0.5, 0.6) is 0 Å². The molecule has 5 aromatic carbocycles. The second kappa shape index (κ2) is 7.63. The Morgan fingerprint density at radius 3 is 2.11 bits per heavy atom. The SMILES string of the molecule is CC1(C)c2cc(-c3ccccc3)ccc2-c2c1ccc1c2Sc2ccccc2N1c1ccccc1. The van der Waals surface area contributed by atoms with Gasteiger partial charge in [-0.1, -0.05) is 104 Å². The van der Waals surface area contributed by atoms with Crippen LogP contribution in [0.1, 0.15) is 25.0 Å². The van der Waals surface area contributed by atoms with E-state index in [0.29, 0.717) is 0 Å². The Morgan fingerprint density at radius 1 is 0.600 bits per heavy atom. The van der Waals surface area contributed by atoms with Crippen molar-refractivity contribution in [2.45, 2.75) is 29.1 Å². The Balaban J connectivity index is 1.47. The fourth-order valence-electron chi connectivity index (χ4n) is 5.70. The van der Waals surface area contributed by atoms with Crippen molar-refractivity contribution in [1.29, 1.82) is 0 Å². The van der Waals surface area contributed by atoms with Crippen LogP contribution >= 0.6 is 11.8 Å². The molecular formula is C33H25NS. The summed E-state index contributed by atoms with van der Waals surface area (Å²) in [6, 6.07) is 41.9. The molecule has 0 spiro atoms. The second-order valence-electron chi connectivity index (χ2n) is 9.83. The lowest BCUT2D eigenvalue weighted by molar-refractivity contribution is 0.660. The normalized spacial score (nSPS) is 14.6. The van der Waals surface area contributed by atoms with E-state index in [1.165, 1.54) is 60.2 Å². The molecule has 1 aliphatic heterocycles. The molecule has 0 aromatic heterocycles. The van der Waals surface area contributed by atoms with Gasteiger partial charge in [-0.2, -0.15) is 0 Å². The van der Waals surface area contributed by atoms with E-state index in [0.717, 1.165) is 0 Å². The third kappa shape index (κ3) is 3.03. The predicted octanol–water partition coefficient (Wildman–Crippen LogP) is 9.59. The molecule has 1 nitrogen and oxygen atoms in total. The summed E-state index contributed by atoms with van der Waals surface area (Å²) >= 11 is 1.91. The molecule has 0 N–H and O–H groups in total. The van der Waals surface area contributed by atoms with Gasteiger partial charge < -0.3 is 4.90 Å². The highest BCUT2D eigenvalue weighted by Gasteiger charge is 2.40. The molecule has 5 aromatic rings. The highest BCUT2D eigenvalue weighted by atomic mass is 32.2. The van der Waals surface area contributed by atoms with E-state index in [1.807, 2.05) is 11.8 Å². The highest BCUT2D eigenvalue weighted by Crippen LogP contribution is 2.60. The van der Waals surface area contributed by atoms with Crippen LogP contribution in [-0.4, -0.2) is 0 Å². The summed E-state index contributed by atoms with van der Waals surface area (Å²) in [7, 11) is 0. The molecule has 0 fully saturated rings. The van der Waals surface area contributed by atoms with Crippen LogP contribution in [0, 0.1) is 0 Å². The van der Waals surface area contributed by atoms with Gasteiger partial charge >= 0.3 is 0 Å². The Labute approximate surface area is 211 Å². The monoisotopic (exact) mass is 467 g/mol. The van der Waals surface area contributed by atoms with Crippen LogP contribution in [0.15, 0.2) is 125 Å². The number of rotatable bonds is 2. The molecule has 0 saturated heterocycles. The first kappa shape index (κ1) is 20.6. The molecule has 1 aliphatic carbocycles. The molecule has 0 atom stereocenters. The molecule has 168 valence electrons. The predicted molar refractivity (Wildman–Crippen MR) is 148 cm³/mol. The minimum Gasteiger partial charge on any atom is -0.308 e. The van der Waals surface area contributed by atoms with Gasteiger partial charge in [0, 0.05) is 26.5 Å². The zero-order valence-electron chi connectivity index (χ0n) is 19.8. The van der Waals surface area contributed by atoms with Gasteiger partial charge in [0.05, 0.1) is 11.4 Å². The van der Waals surface area contributed by atoms with E-state index in [9.17, 15) is 0 Å². The van der Waals surface area contributed by atoms with Gasteiger partial charge in [0.2, 0.25) is 0 Å². The van der Waals surface area contributed by atoms with Crippen molar-refractivity contribution in [3.8, 4) is 22.3 Å². The van der Waals surface area contributed by atoms with Crippen molar-refractivity contribution in [3.63, 3.8) is 0 Å². The molecule has 0 saturated carbocycles. The van der Waals surface area contributed by atoms with Crippen LogP contribution in [0.25, 0.3) is 22.3 Å². The Morgan fingerprint density at radius 2 is 1.31 bits per heavy atom. The summed E-state index contributed by atoms with van der Waals surface area (Å²) < 4.78 is 0. The van der Waals surface area contributed by atoms with Gasteiger partial charge in [-0.3, -0.25) is 0 Å². The van der Waals surface area contributed by atoms with Gasteiger partial charge in [0.15, 0.2) is 0 Å². The standard InChI is InChI=1S/C33H25NS/c1-33(2)26-19-20-29-32(31(26)25-18-17-23(21-27(25)33)22-11-5-3-6-12-22)35-30-16-10-9-15-28(30)34(29)24-13-7-4-8-14-24/h3-21H,1-2H3. The zero-order valence-corrected chi connectivity index (χ0v) is 20.6. The second-order valence-corrected chi connectivity index (χ2v) is 10.9. The number of benzene rings is 5. The first-order valence-electron chi connectivity index (χ1n) is 12.1. The Hall–Kier alpha value is -3.75. The van der Waals surface area contributed by atoms with Crippen molar-refractivity contribution in [2.24, 2.45) is 0 Å². The Kier molecular flexibility index (Phi) is 4.49. The molecule has 0 amide bonds. The highest BCUT2D eigenvalue weighted by molar-refractivity contribution is 8.00. The number of para-hydroxylation sites is 2. The lowest BCUT2D eigenvalue weighted by Gasteiger charge is -2.34. The van der Waals surface area contributed by atoms with Crippen LogP contribution in [-0.2, 0) is 5.41 Å². The summed E-state index contributed by atoms with van der Waals surface area (Å²) in [5.41, 5.74) is 11.8. The van der Waals surface area contributed by atoms with E-state index in [4.69, 9.17) is 0 Å². The van der Waals surface area contributed by atoms with Crippen LogP contribution in [0.3, 0.4) is 0 Å². The fourth-order valence-corrected chi connectivity index (χ4v) is 6.91. The largest absolute Gasteiger partial charge is 0.308 e. The molecule has 1 heterocycles. The summed E-state index contributed by atoms with van der Waals surface area (Å²) in [5, 5.41) is 0. The third-order valence-corrected chi connectivity index (χ3v) is 8.64. The molecule has 2 aliphatic rings. The van der Waals surface area contributed by atoms with E-state index >= 15 is 0 Å². The summed E-state index contributed by atoms with van der Waals surface area (Å²) in [6.45, 7) is 4.74. The van der Waals surface area contributed by atoms with Crippen LogP contribution < -0.4 is 4.90 Å². The van der Waals surface area contributed by atoms with Gasteiger partial charge in [-0.05, 0) is 64.2 Å². The van der Waals surface area contributed by atoms with Gasteiger partial charge in [-0.15, -0.1) is 0 Å². The Bertz CT molecular complexity index is 1590. The minimum absolute atomic E-state index is 0.0560. The quantitative estimate of drug-likeness (QED) is 0.249. The summed E-state index contributed by atoms with van der Waals surface area (Å²) in [4.78, 5) is 5.07. The number of hydrogen-bond donors (Lipinski definition) is 0. The topological polar surface area (TPSA) is 3.24 Å². The molecule has 0 bridgehead atoms. The van der Waals surface area contributed by atoms with Crippen LogP contribution in [0.4, 0.5) is 17.1 Å². The maximum absolute atomic E-state index is 2.42. The van der Waals surface area contributed by atoms with Crippen molar-refractivity contribution in [3.05, 3.63) is 126 Å². The van der Waals surface area contributed by atoms with Crippen molar-refractivity contribution >= 4 is 28.8 Å². The van der Waals surface area contributed by atoms with Crippen LogP contribution in [0.2, 0.25) is 0 Å². The van der Waals surface area contributed by atoms with E-state index in [-0.39, 0.29) is 5.41 Å². The average Bonchev–Trinajstić information content (AvgIpc) is 3.14. The fraction of sp³-hybridized carbons (Fsp3) is 0.0909. The van der Waals surface area contributed by atoms with Gasteiger partial charge in [-0.25, -0.2) is 0 Å². The van der Waals surface area contributed by atoms with Gasteiger partial charge in [0.25, 0.3) is 0 Å². The lowest BCUT2D eigenvalue weighted by atomic mass is 9.81. The van der Waals surface area contributed by atoms with E-state index < -0.39 is 0 Å². The average molecular weight is 468 g/mol. The van der Waals surface area contributed by atoms with Crippen molar-refractivity contribution < 1.29 is 0 Å². The summed E-state index contributed by atoms with van der Waals surface area (Å²) in [6.07, 6.45) is 0. The number of nitrogens with zero attached hydrogens (tertiary/aromatic N) is 1. The molecule has 0 radical (unpaired) electrons. The number of hydrogen-bond acceptors (Lipinski definition) is 2. The first-order chi connectivity index (χ1) is 17.1. The smallest absolute Gasteiger partial charge is 0.0608 e. The third-order valence-electron chi connectivity index (χ3n) is 7.45. The van der Waals surface area contributed by atoms with E-state index in [1.54, 1.807) is 0 Å². The number of fused-ring (bicyclic) bond motifs is 6. The molecule has 0 unspecified atom stereocenters. The van der Waals surface area contributed by atoms with E-state index in [2.05, 4.69) is 134 Å². The minimum atomic E-state index is -0.0560. The van der Waals surface area contributed by atoms with Gasteiger partial charge in [0.1, 0.15) is 0 Å². The molecular weight excluding hydrogens is 442 g/mol. The zero-order chi connectivity index (χ0) is 23.6. The van der Waals surface area contributed by atoms with Crippen molar-refractivity contribution in [2.75, 3.05) is 4.90 Å². The maximum atomic E-state index is 2.42. The lowest BCUT2D eigenvalue weighted by Crippen LogP contribution is -2.17. The van der Waals surface area contributed by atoms with Crippen molar-refractivity contribution in [1.82, 2.24) is 0 Å².